The van der Waals surface area contributed by atoms with Gasteiger partial charge >= 0.3 is 0 Å². The molecule has 0 saturated carbocycles. The zero-order valence-corrected chi connectivity index (χ0v) is 12.8. The van der Waals surface area contributed by atoms with E-state index in [2.05, 4.69) is 0 Å². The summed E-state index contributed by atoms with van der Waals surface area (Å²) in [7, 11) is 0. The van der Waals surface area contributed by atoms with E-state index in [1.807, 2.05) is 60.7 Å². The fourth-order valence-electron chi connectivity index (χ4n) is 1.35. The van der Waals surface area contributed by atoms with Gasteiger partial charge in [-0.15, -0.1) is 0 Å². The Labute approximate surface area is 130 Å². The van der Waals surface area contributed by atoms with Gasteiger partial charge in [0.15, 0.2) is 5.78 Å². The van der Waals surface area contributed by atoms with Crippen molar-refractivity contribution in [2.75, 3.05) is 0 Å². The van der Waals surface area contributed by atoms with Gasteiger partial charge < -0.3 is 0 Å². The van der Waals surface area contributed by atoms with Crippen LogP contribution in [0.4, 0.5) is 0 Å². The molecule has 0 bridgehead atoms. The first kappa shape index (κ1) is 12.7. The van der Waals surface area contributed by atoms with Crippen molar-refractivity contribution in [1.29, 1.82) is 0 Å². The van der Waals surface area contributed by atoms with Gasteiger partial charge in [0.05, 0.1) is 0 Å². The van der Waals surface area contributed by atoms with Crippen LogP contribution in [0.15, 0.2) is 60.7 Å². The largest absolute Gasteiger partial charge is 0.289 e. The Balaban J connectivity index is 0.00000112. The van der Waals surface area contributed by atoms with Gasteiger partial charge in [-0.2, -0.15) is 0 Å². The molecule has 70 valence electrons. The van der Waals surface area contributed by atoms with Crippen LogP contribution in [0.5, 0.6) is 0 Å². The van der Waals surface area contributed by atoms with Gasteiger partial charge in [-0.25, -0.2) is 0 Å². The first-order valence-corrected chi connectivity index (χ1v) is 4.53. The topological polar surface area (TPSA) is 17.1 Å². The average Bonchev–Trinajstić information content (AvgIpc) is 2.30. The molecule has 0 aromatic heterocycles. The van der Waals surface area contributed by atoms with Crippen molar-refractivity contribution in [3.63, 3.8) is 0 Å². The van der Waals surface area contributed by atoms with E-state index in [-0.39, 0.29) is 54.7 Å². The number of rotatable bonds is 2. The van der Waals surface area contributed by atoms with E-state index >= 15 is 0 Å². The Kier molecular flexibility index (Phi) is 5.36. The molecular weight excluding hydrogens is 309 g/mol. The maximum atomic E-state index is 11.8. The fraction of sp³-hybridized carbons (Fsp3) is 0. The van der Waals surface area contributed by atoms with Crippen LogP contribution in [0.3, 0.4) is 0 Å². The van der Waals surface area contributed by atoms with Gasteiger partial charge in [0.2, 0.25) is 0 Å². The van der Waals surface area contributed by atoms with E-state index < -0.39 is 0 Å². The Bertz CT molecular complexity index is 381. The van der Waals surface area contributed by atoms with Gasteiger partial charge in [0, 0.05) is 60.0 Å². The van der Waals surface area contributed by atoms with Crippen molar-refractivity contribution in [2.45, 2.75) is 0 Å². The first-order valence-electron chi connectivity index (χ1n) is 4.53. The maximum absolute atomic E-state index is 11.8. The summed E-state index contributed by atoms with van der Waals surface area (Å²) in [5.41, 5.74) is 1.47. The molecule has 0 saturated heterocycles. The van der Waals surface area contributed by atoms with Gasteiger partial charge in [-0.3, -0.25) is 4.79 Å². The minimum absolute atomic E-state index is 0. The summed E-state index contributed by atoms with van der Waals surface area (Å²) in [6.45, 7) is 0. The molecule has 15 heavy (non-hydrogen) atoms. The van der Waals surface area contributed by atoms with E-state index in [0.717, 1.165) is 11.1 Å². The molecule has 1 nitrogen and oxygen atoms in total. The molecule has 2 aromatic carbocycles. The van der Waals surface area contributed by atoms with Crippen LogP contribution in [-0.2, 0) is 0 Å². The van der Waals surface area contributed by atoms with E-state index in [1.165, 1.54) is 0 Å². The van der Waals surface area contributed by atoms with Crippen molar-refractivity contribution >= 4 is 54.7 Å². The van der Waals surface area contributed by atoms with Gasteiger partial charge in [-0.1, -0.05) is 60.7 Å². The smallest absolute Gasteiger partial charge is 0.193 e. The molecule has 0 aliphatic rings. The van der Waals surface area contributed by atoms with Gasteiger partial charge in [0.1, 0.15) is 0 Å². The first-order chi connectivity index (χ1) is 6.88. The zero-order chi connectivity index (χ0) is 9.80. The second kappa shape index (κ2) is 6.30. The van der Waals surface area contributed by atoms with Crippen molar-refractivity contribution in [1.82, 2.24) is 0 Å². The molecule has 2 radical (unpaired) electrons. The van der Waals surface area contributed by atoms with Crippen molar-refractivity contribution in [2.24, 2.45) is 0 Å². The summed E-state index contributed by atoms with van der Waals surface area (Å²) in [4.78, 5) is 11.8. The second-order valence-corrected chi connectivity index (χ2v) is 3.06. The Hall–Kier alpha value is -0.319. The van der Waals surface area contributed by atoms with E-state index in [4.69, 9.17) is 0 Å². The molecule has 0 spiro atoms. The normalized spacial score (nSPS) is 9.07. The zero-order valence-electron chi connectivity index (χ0n) is 8.39. The summed E-state index contributed by atoms with van der Waals surface area (Å²) in [5, 5.41) is 0. The summed E-state index contributed by atoms with van der Waals surface area (Å²) in [5.74, 6) is 0.0752. The van der Waals surface area contributed by atoms with E-state index in [9.17, 15) is 4.79 Å². The van der Waals surface area contributed by atoms with E-state index in [1.54, 1.807) is 0 Å². The number of hydrogen-bond acceptors (Lipinski definition) is 1. The van der Waals surface area contributed by atoms with Crippen LogP contribution in [0.1, 0.15) is 15.9 Å². The molecule has 2 heteroatoms. The molecule has 0 unspecified atom stereocenters. The molecule has 2 rings (SSSR count). The van der Waals surface area contributed by atoms with Crippen LogP contribution in [0.2, 0.25) is 0 Å². The summed E-state index contributed by atoms with van der Waals surface area (Å²) in [6.07, 6.45) is 0. The molecule has 0 aliphatic heterocycles. The molecule has 0 heterocycles. The molecule has 2 aromatic rings. The molecular formula is C13H10BaO. The summed E-state index contributed by atoms with van der Waals surface area (Å²) < 4.78 is 0. The molecule has 0 amide bonds. The maximum Gasteiger partial charge on any atom is 0.193 e. The van der Waals surface area contributed by atoms with Gasteiger partial charge in [0.25, 0.3) is 0 Å². The van der Waals surface area contributed by atoms with Crippen LogP contribution in [-0.4, -0.2) is 54.7 Å². The SMILES string of the molecule is O=C(c1ccccc1)c1ccccc1.[Ba]. The average molecular weight is 320 g/mol. The fourth-order valence-corrected chi connectivity index (χ4v) is 1.35. The third kappa shape index (κ3) is 3.33. The minimum Gasteiger partial charge on any atom is -0.289 e. The Morgan fingerprint density at radius 3 is 1.33 bits per heavy atom. The summed E-state index contributed by atoms with van der Waals surface area (Å²) in [6, 6.07) is 18.6. The third-order valence-electron chi connectivity index (χ3n) is 2.07. The number of carbonyl (C=O) groups excluding carboxylic acids is 1. The second-order valence-electron chi connectivity index (χ2n) is 3.06. The number of ketones is 1. The molecule has 0 aliphatic carbocycles. The van der Waals surface area contributed by atoms with Crippen LogP contribution < -0.4 is 0 Å². The van der Waals surface area contributed by atoms with Crippen LogP contribution in [0.25, 0.3) is 0 Å². The van der Waals surface area contributed by atoms with Crippen molar-refractivity contribution in [3.8, 4) is 0 Å². The Morgan fingerprint density at radius 1 is 0.667 bits per heavy atom. The third-order valence-corrected chi connectivity index (χ3v) is 2.07. The predicted octanol–water partition coefficient (Wildman–Crippen LogP) is 2.54. The molecule has 0 N–H and O–H groups in total. The van der Waals surface area contributed by atoms with Gasteiger partial charge in [-0.05, 0) is 0 Å². The van der Waals surface area contributed by atoms with Crippen LogP contribution >= 0.6 is 0 Å². The molecule has 0 fully saturated rings. The quantitative estimate of drug-likeness (QED) is 0.614. The minimum atomic E-state index is 0. The standard InChI is InChI=1S/C13H10O.Ba/c14-13(11-7-3-1-4-8-11)12-9-5-2-6-10-12;/h1-10H;. The Morgan fingerprint density at radius 2 is 1.00 bits per heavy atom. The monoisotopic (exact) mass is 320 g/mol. The predicted molar refractivity (Wildman–Crippen MR) is 62.1 cm³/mol. The van der Waals surface area contributed by atoms with E-state index in [0.29, 0.717) is 0 Å². The number of benzene rings is 2. The van der Waals surface area contributed by atoms with Crippen molar-refractivity contribution in [3.05, 3.63) is 71.8 Å². The summed E-state index contributed by atoms with van der Waals surface area (Å²) >= 11 is 0. The van der Waals surface area contributed by atoms with Crippen molar-refractivity contribution < 1.29 is 4.79 Å². The number of carbonyl (C=O) groups is 1. The van der Waals surface area contributed by atoms with Crippen LogP contribution in [0, 0.1) is 0 Å². The number of hydrogen-bond donors (Lipinski definition) is 0. The molecule has 0 atom stereocenters.